The minimum Gasteiger partial charge on any atom is -0.497 e. The van der Waals surface area contributed by atoms with Gasteiger partial charge in [0.1, 0.15) is 17.3 Å². The van der Waals surface area contributed by atoms with Gasteiger partial charge in [-0.25, -0.2) is 12.8 Å². The van der Waals surface area contributed by atoms with Crippen LogP contribution in [-0.2, 0) is 10.0 Å². The molecule has 0 spiro atoms. The molecule has 7 heteroatoms. The third-order valence-corrected chi connectivity index (χ3v) is 4.46. The smallest absolute Gasteiger partial charge is 0.262 e. The first-order valence-electron chi connectivity index (χ1n) is 6.38. The molecule has 0 aromatic heterocycles. The molecule has 2 aromatic rings. The van der Waals surface area contributed by atoms with Crippen molar-refractivity contribution < 1.29 is 22.3 Å². The first kappa shape index (κ1) is 16.1. The van der Waals surface area contributed by atoms with Gasteiger partial charge >= 0.3 is 0 Å². The van der Waals surface area contributed by atoms with Gasteiger partial charge in [0.25, 0.3) is 10.0 Å². The molecular weight excluding hydrogens is 309 g/mol. The topological polar surface area (TPSA) is 64.6 Å². The van der Waals surface area contributed by atoms with E-state index in [2.05, 4.69) is 4.72 Å². The van der Waals surface area contributed by atoms with E-state index in [9.17, 15) is 12.8 Å². The number of nitrogens with one attached hydrogen (secondary N) is 1. The lowest BCUT2D eigenvalue weighted by Crippen LogP contribution is -2.14. The van der Waals surface area contributed by atoms with Gasteiger partial charge < -0.3 is 9.47 Å². The molecule has 0 atom stereocenters. The second-order valence-corrected chi connectivity index (χ2v) is 6.27. The van der Waals surface area contributed by atoms with Crippen molar-refractivity contribution in [3.05, 3.63) is 47.8 Å². The van der Waals surface area contributed by atoms with Crippen LogP contribution in [0.25, 0.3) is 0 Å². The summed E-state index contributed by atoms with van der Waals surface area (Å²) in [7, 11) is -0.917. The van der Waals surface area contributed by atoms with E-state index in [0.717, 1.165) is 6.07 Å². The number of hydrogen-bond donors (Lipinski definition) is 1. The average molecular weight is 325 g/mol. The number of halogens is 1. The fourth-order valence-corrected chi connectivity index (χ4v) is 3.03. The molecule has 22 heavy (non-hydrogen) atoms. The van der Waals surface area contributed by atoms with Crippen LogP contribution in [0.4, 0.5) is 10.1 Å². The zero-order chi connectivity index (χ0) is 16.3. The molecule has 0 bridgehead atoms. The van der Waals surface area contributed by atoms with Crippen LogP contribution in [0.2, 0.25) is 0 Å². The molecule has 0 heterocycles. The summed E-state index contributed by atoms with van der Waals surface area (Å²) in [5.74, 6) is 0.403. The van der Waals surface area contributed by atoms with Crippen molar-refractivity contribution in [1.29, 1.82) is 0 Å². The van der Waals surface area contributed by atoms with Crippen molar-refractivity contribution in [2.75, 3.05) is 18.9 Å². The fourth-order valence-electron chi connectivity index (χ4n) is 1.87. The van der Waals surface area contributed by atoms with Gasteiger partial charge in [0, 0.05) is 6.07 Å². The molecule has 1 N–H and O–H groups in total. The summed E-state index contributed by atoms with van der Waals surface area (Å²) in [6.07, 6.45) is 0. The highest BCUT2D eigenvalue weighted by atomic mass is 32.2. The standard InChI is InChI=1S/C15H16FNO4S/c1-10-8-12(5-6-13(10)16)22(18,19)17-14-7-4-11(20-2)9-15(14)21-3/h4-9,17H,1-3H3. The number of hydrogen-bond acceptors (Lipinski definition) is 4. The molecule has 0 saturated carbocycles. The average Bonchev–Trinajstić information content (AvgIpc) is 2.50. The third-order valence-electron chi connectivity index (χ3n) is 3.09. The Morgan fingerprint density at radius 3 is 2.36 bits per heavy atom. The first-order chi connectivity index (χ1) is 10.4. The summed E-state index contributed by atoms with van der Waals surface area (Å²) in [5.41, 5.74) is 0.523. The van der Waals surface area contributed by atoms with E-state index in [0.29, 0.717) is 11.5 Å². The van der Waals surface area contributed by atoms with Crippen molar-refractivity contribution >= 4 is 15.7 Å². The van der Waals surface area contributed by atoms with Gasteiger partial charge in [0.15, 0.2) is 0 Å². The summed E-state index contributed by atoms with van der Waals surface area (Å²) in [4.78, 5) is -0.0238. The molecular formula is C15H16FNO4S. The van der Waals surface area contributed by atoms with E-state index < -0.39 is 15.8 Å². The minimum absolute atomic E-state index is 0.0238. The Morgan fingerprint density at radius 1 is 1.05 bits per heavy atom. The number of benzene rings is 2. The molecule has 2 rings (SSSR count). The van der Waals surface area contributed by atoms with E-state index >= 15 is 0 Å². The maximum atomic E-state index is 13.3. The van der Waals surface area contributed by atoms with Crippen molar-refractivity contribution in [3.63, 3.8) is 0 Å². The number of aryl methyl sites for hydroxylation is 1. The van der Waals surface area contributed by atoms with Gasteiger partial charge in [-0.1, -0.05) is 0 Å². The maximum Gasteiger partial charge on any atom is 0.262 e. The molecule has 5 nitrogen and oxygen atoms in total. The summed E-state index contributed by atoms with van der Waals surface area (Å²) in [6.45, 7) is 1.50. The molecule has 0 radical (unpaired) electrons. The first-order valence-corrected chi connectivity index (χ1v) is 7.86. The van der Waals surface area contributed by atoms with Crippen molar-refractivity contribution in [2.24, 2.45) is 0 Å². The Hall–Kier alpha value is -2.28. The van der Waals surface area contributed by atoms with Gasteiger partial charge in [-0.3, -0.25) is 4.72 Å². The van der Waals surface area contributed by atoms with Gasteiger partial charge in [0.05, 0.1) is 24.8 Å². The van der Waals surface area contributed by atoms with Crippen LogP contribution in [0.1, 0.15) is 5.56 Å². The highest BCUT2D eigenvalue weighted by Crippen LogP contribution is 2.31. The Balaban J connectivity index is 2.38. The van der Waals surface area contributed by atoms with Crippen LogP contribution in [0, 0.1) is 12.7 Å². The maximum absolute atomic E-state index is 13.3. The van der Waals surface area contributed by atoms with Crippen LogP contribution < -0.4 is 14.2 Å². The van der Waals surface area contributed by atoms with E-state index in [4.69, 9.17) is 9.47 Å². The summed E-state index contributed by atoms with van der Waals surface area (Å²) in [6, 6.07) is 8.30. The summed E-state index contributed by atoms with van der Waals surface area (Å²) >= 11 is 0. The quantitative estimate of drug-likeness (QED) is 0.918. The molecule has 2 aromatic carbocycles. The lowest BCUT2D eigenvalue weighted by molar-refractivity contribution is 0.395. The number of ether oxygens (including phenoxy) is 2. The van der Waals surface area contributed by atoms with Crippen molar-refractivity contribution in [3.8, 4) is 11.5 Å². The zero-order valence-corrected chi connectivity index (χ0v) is 13.2. The summed E-state index contributed by atoms with van der Waals surface area (Å²) < 4.78 is 50.6. The SMILES string of the molecule is COc1ccc(NS(=O)(=O)c2ccc(F)c(C)c2)c(OC)c1. The third kappa shape index (κ3) is 3.30. The molecule has 0 aliphatic rings. The van der Waals surface area contributed by atoms with Crippen LogP contribution >= 0.6 is 0 Å². The van der Waals surface area contributed by atoms with E-state index in [1.807, 2.05) is 0 Å². The number of sulfonamides is 1. The van der Waals surface area contributed by atoms with Gasteiger partial charge in [-0.2, -0.15) is 0 Å². The molecule has 0 saturated heterocycles. The van der Waals surface area contributed by atoms with Crippen LogP contribution in [0.15, 0.2) is 41.3 Å². The highest BCUT2D eigenvalue weighted by molar-refractivity contribution is 7.92. The van der Waals surface area contributed by atoms with E-state index in [-0.39, 0.29) is 16.1 Å². The van der Waals surface area contributed by atoms with Gasteiger partial charge in [0.2, 0.25) is 0 Å². The van der Waals surface area contributed by atoms with Crippen LogP contribution in [-0.4, -0.2) is 22.6 Å². The minimum atomic E-state index is -3.84. The van der Waals surface area contributed by atoms with E-state index in [1.54, 1.807) is 12.1 Å². The van der Waals surface area contributed by atoms with Crippen molar-refractivity contribution in [2.45, 2.75) is 11.8 Å². The monoisotopic (exact) mass is 325 g/mol. The predicted octanol–water partition coefficient (Wildman–Crippen LogP) is 2.95. The van der Waals surface area contributed by atoms with Crippen LogP contribution in [0.3, 0.4) is 0 Å². The molecule has 0 amide bonds. The molecule has 0 aliphatic heterocycles. The molecule has 0 aliphatic carbocycles. The predicted molar refractivity (Wildman–Crippen MR) is 81.5 cm³/mol. The zero-order valence-electron chi connectivity index (χ0n) is 12.4. The largest absolute Gasteiger partial charge is 0.497 e. The Morgan fingerprint density at radius 2 is 1.77 bits per heavy atom. The molecule has 0 unspecified atom stereocenters. The number of anilines is 1. The Labute approximate surface area is 128 Å². The lowest BCUT2D eigenvalue weighted by atomic mass is 10.2. The molecule has 0 fully saturated rings. The number of rotatable bonds is 5. The van der Waals surface area contributed by atoms with E-state index in [1.165, 1.54) is 39.3 Å². The van der Waals surface area contributed by atoms with Crippen molar-refractivity contribution in [1.82, 2.24) is 0 Å². The number of methoxy groups -OCH3 is 2. The second-order valence-electron chi connectivity index (χ2n) is 4.58. The Bertz CT molecular complexity index is 790. The fraction of sp³-hybridized carbons (Fsp3) is 0.200. The van der Waals surface area contributed by atoms with Gasteiger partial charge in [-0.05, 0) is 42.8 Å². The normalized spacial score (nSPS) is 11.1. The van der Waals surface area contributed by atoms with Gasteiger partial charge in [-0.15, -0.1) is 0 Å². The van der Waals surface area contributed by atoms with Crippen LogP contribution in [0.5, 0.6) is 11.5 Å². The second kappa shape index (κ2) is 6.23. The Kier molecular flexibility index (Phi) is 4.56. The summed E-state index contributed by atoms with van der Waals surface area (Å²) in [5, 5.41) is 0. The lowest BCUT2D eigenvalue weighted by Gasteiger charge is -2.13. The molecule has 118 valence electrons. The highest BCUT2D eigenvalue weighted by Gasteiger charge is 2.18.